The number of ether oxygens (including phenoxy) is 3. The third-order valence-corrected chi connectivity index (χ3v) is 13.1. The molecule has 1 atom stereocenters. The Balaban J connectivity index is 4.32. The quantitative estimate of drug-likeness (QED) is 0.0262. The molecule has 6 nitrogen and oxygen atoms in total. The van der Waals surface area contributed by atoms with Crippen LogP contribution >= 0.6 is 0 Å². The van der Waals surface area contributed by atoms with Gasteiger partial charge in [-0.2, -0.15) is 0 Å². The summed E-state index contributed by atoms with van der Waals surface area (Å²) in [6.07, 6.45) is 69.7. The summed E-state index contributed by atoms with van der Waals surface area (Å²) in [5.74, 6) is -0.906. The van der Waals surface area contributed by atoms with Gasteiger partial charge < -0.3 is 14.2 Å². The van der Waals surface area contributed by atoms with Crippen molar-refractivity contribution < 1.29 is 28.6 Å². The zero-order valence-corrected chi connectivity index (χ0v) is 45.4. The molecule has 0 aliphatic carbocycles. The van der Waals surface area contributed by atoms with Gasteiger partial charge in [-0.25, -0.2) is 0 Å². The van der Waals surface area contributed by atoms with Crippen molar-refractivity contribution in [3.63, 3.8) is 0 Å². The highest BCUT2D eigenvalue weighted by atomic mass is 16.6. The van der Waals surface area contributed by atoms with Crippen LogP contribution in [-0.4, -0.2) is 37.2 Å². The first-order chi connectivity index (χ1) is 33.5. The predicted molar refractivity (Wildman–Crippen MR) is 293 cm³/mol. The third kappa shape index (κ3) is 54.3. The summed E-state index contributed by atoms with van der Waals surface area (Å²) in [6, 6.07) is 0. The van der Waals surface area contributed by atoms with E-state index in [-0.39, 0.29) is 31.1 Å². The van der Waals surface area contributed by atoms with E-state index < -0.39 is 6.10 Å². The molecule has 1 unspecified atom stereocenters. The van der Waals surface area contributed by atoms with Crippen molar-refractivity contribution in [2.45, 2.75) is 316 Å². The first-order valence-electron chi connectivity index (χ1n) is 29.6. The molecule has 0 aromatic heterocycles. The van der Waals surface area contributed by atoms with E-state index in [1.807, 2.05) is 0 Å². The lowest BCUT2D eigenvalue weighted by Crippen LogP contribution is -2.30. The molecule has 6 heteroatoms. The molecule has 0 saturated heterocycles. The number of rotatable bonds is 54. The van der Waals surface area contributed by atoms with Gasteiger partial charge in [0, 0.05) is 19.3 Å². The zero-order valence-electron chi connectivity index (χ0n) is 45.4. The molecule has 0 bridgehead atoms. The van der Waals surface area contributed by atoms with Crippen LogP contribution in [0, 0.1) is 0 Å². The topological polar surface area (TPSA) is 78.9 Å². The SMILES string of the molecule is CC/C=C\C/C=C\C/C=C\CCCCCC(=O)OCC(COC(=O)CCCCCCCCCCCCCCCCCCCCCCC)OC(=O)CCCCCCC/C=C\CCCCCCCCC. The number of carbonyl (C=O) groups is 3. The molecule has 0 aliphatic heterocycles. The van der Waals surface area contributed by atoms with Gasteiger partial charge >= 0.3 is 17.9 Å². The molecule has 68 heavy (non-hydrogen) atoms. The van der Waals surface area contributed by atoms with Crippen LogP contribution in [0.2, 0.25) is 0 Å². The lowest BCUT2D eigenvalue weighted by Gasteiger charge is -2.18. The van der Waals surface area contributed by atoms with Gasteiger partial charge in [0.05, 0.1) is 0 Å². The van der Waals surface area contributed by atoms with Crippen LogP contribution in [0.1, 0.15) is 310 Å². The van der Waals surface area contributed by atoms with Gasteiger partial charge in [0.25, 0.3) is 0 Å². The van der Waals surface area contributed by atoms with Gasteiger partial charge in [-0.05, 0) is 77.0 Å². The standard InChI is InChI=1S/C62H112O6/c1-4-7-10-13-16-19-22-25-27-29-30-31-32-33-35-37-40-43-46-49-52-55-61(64)67-58-59(57-66-60(63)54-51-48-45-42-39-36-24-21-18-15-12-9-6-3)68-62(65)56-53-50-47-44-41-38-34-28-26-23-20-17-14-11-8-5-2/h9,12,18,21,28,34,36,39,59H,4-8,10-11,13-17,19-20,22-27,29-33,35,37-38,40-58H2,1-3H3/b12-9-,21-18-,34-28-,39-36-. The van der Waals surface area contributed by atoms with Crippen LogP contribution in [0.25, 0.3) is 0 Å². The maximum absolute atomic E-state index is 12.8. The van der Waals surface area contributed by atoms with Crippen molar-refractivity contribution in [2.75, 3.05) is 13.2 Å². The molecule has 0 aromatic carbocycles. The maximum atomic E-state index is 12.8. The molecule has 0 amide bonds. The minimum Gasteiger partial charge on any atom is -0.462 e. The van der Waals surface area contributed by atoms with E-state index in [1.165, 1.54) is 173 Å². The average Bonchev–Trinajstić information content (AvgIpc) is 3.34. The van der Waals surface area contributed by atoms with Crippen molar-refractivity contribution in [3.05, 3.63) is 48.6 Å². The highest BCUT2D eigenvalue weighted by Gasteiger charge is 2.19. The van der Waals surface area contributed by atoms with E-state index in [9.17, 15) is 14.4 Å². The number of hydrogen-bond acceptors (Lipinski definition) is 6. The Labute approximate surface area is 422 Å². The number of hydrogen-bond donors (Lipinski definition) is 0. The van der Waals surface area contributed by atoms with Crippen molar-refractivity contribution >= 4 is 17.9 Å². The molecule has 0 N–H and O–H groups in total. The Bertz CT molecular complexity index is 1190. The highest BCUT2D eigenvalue weighted by molar-refractivity contribution is 5.71. The van der Waals surface area contributed by atoms with Crippen LogP contribution in [-0.2, 0) is 28.6 Å². The molecule has 0 aromatic rings. The van der Waals surface area contributed by atoms with Gasteiger partial charge in [-0.1, -0.05) is 262 Å². The fourth-order valence-electron chi connectivity index (χ4n) is 8.63. The Hall–Kier alpha value is -2.63. The summed E-state index contributed by atoms with van der Waals surface area (Å²) in [5, 5.41) is 0. The highest BCUT2D eigenvalue weighted by Crippen LogP contribution is 2.17. The van der Waals surface area contributed by atoms with Crippen molar-refractivity contribution in [2.24, 2.45) is 0 Å². The van der Waals surface area contributed by atoms with E-state index in [1.54, 1.807) is 0 Å². The van der Waals surface area contributed by atoms with E-state index in [2.05, 4.69) is 69.4 Å². The summed E-state index contributed by atoms with van der Waals surface area (Å²) in [6.45, 7) is 6.53. The Morgan fingerprint density at radius 2 is 0.574 bits per heavy atom. The molecule has 0 saturated carbocycles. The van der Waals surface area contributed by atoms with E-state index >= 15 is 0 Å². The molecule has 396 valence electrons. The summed E-state index contributed by atoms with van der Waals surface area (Å²) in [4.78, 5) is 38.1. The predicted octanol–water partition coefficient (Wildman–Crippen LogP) is 19.8. The van der Waals surface area contributed by atoms with Gasteiger partial charge in [0.2, 0.25) is 0 Å². The average molecular weight is 954 g/mol. The smallest absolute Gasteiger partial charge is 0.306 e. The first kappa shape index (κ1) is 65.4. The largest absolute Gasteiger partial charge is 0.462 e. The second-order valence-corrected chi connectivity index (χ2v) is 19.9. The molecule has 0 aliphatic rings. The first-order valence-corrected chi connectivity index (χ1v) is 29.6. The molecule has 0 fully saturated rings. The summed E-state index contributed by atoms with van der Waals surface area (Å²) in [7, 11) is 0. The van der Waals surface area contributed by atoms with Gasteiger partial charge in [-0.3, -0.25) is 14.4 Å². The number of esters is 3. The second-order valence-electron chi connectivity index (χ2n) is 19.9. The van der Waals surface area contributed by atoms with Crippen LogP contribution < -0.4 is 0 Å². The molecule has 0 radical (unpaired) electrons. The second kappa shape index (κ2) is 57.0. The van der Waals surface area contributed by atoms with E-state index in [0.29, 0.717) is 19.3 Å². The zero-order chi connectivity index (χ0) is 49.3. The minimum absolute atomic E-state index is 0.0828. The Morgan fingerprint density at radius 3 is 0.926 bits per heavy atom. The minimum atomic E-state index is -0.787. The third-order valence-electron chi connectivity index (χ3n) is 13.1. The summed E-state index contributed by atoms with van der Waals surface area (Å²) in [5.41, 5.74) is 0. The van der Waals surface area contributed by atoms with E-state index in [0.717, 1.165) is 96.3 Å². The molecule has 0 rings (SSSR count). The lowest BCUT2D eigenvalue weighted by atomic mass is 10.0. The van der Waals surface area contributed by atoms with Gasteiger partial charge in [-0.15, -0.1) is 0 Å². The van der Waals surface area contributed by atoms with Crippen molar-refractivity contribution in [1.29, 1.82) is 0 Å². The fraction of sp³-hybridized carbons (Fsp3) is 0.823. The molecular weight excluding hydrogens is 841 g/mol. The van der Waals surface area contributed by atoms with Crippen molar-refractivity contribution in [3.8, 4) is 0 Å². The Morgan fingerprint density at radius 1 is 0.309 bits per heavy atom. The number of unbranched alkanes of at least 4 members (excludes halogenated alkanes) is 35. The lowest BCUT2D eigenvalue weighted by molar-refractivity contribution is -0.167. The monoisotopic (exact) mass is 953 g/mol. The van der Waals surface area contributed by atoms with E-state index in [4.69, 9.17) is 14.2 Å². The normalized spacial score (nSPS) is 12.3. The molecule has 0 heterocycles. The van der Waals surface area contributed by atoms with Crippen LogP contribution in [0.5, 0.6) is 0 Å². The fourth-order valence-corrected chi connectivity index (χ4v) is 8.63. The van der Waals surface area contributed by atoms with Gasteiger partial charge in [0.1, 0.15) is 13.2 Å². The van der Waals surface area contributed by atoms with Crippen molar-refractivity contribution in [1.82, 2.24) is 0 Å². The summed E-state index contributed by atoms with van der Waals surface area (Å²) >= 11 is 0. The Kier molecular flexibility index (Phi) is 54.8. The molecule has 0 spiro atoms. The van der Waals surface area contributed by atoms with Crippen LogP contribution in [0.4, 0.5) is 0 Å². The number of carbonyl (C=O) groups excluding carboxylic acids is 3. The van der Waals surface area contributed by atoms with Crippen LogP contribution in [0.3, 0.4) is 0 Å². The summed E-state index contributed by atoms with van der Waals surface area (Å²) < 4.78 is 16.8. The van der Waals surface area contributed by atoms with Gasteiger partial charge in [0.15, 0.2) is 6.10 Å². The molecular formula is C62H112O6. The number of allylic oxidation sites excluding steroid dienone is 8. The maximum Gasteiger partial charge on any atom is 0.306 e. The van der Waals surface area contributed by atoms with Crippen LogP contribution in [0.15, 0.2) is 48.6 Å².